The molecule has 0 atom stereocenters. The number of benzene rings is 3. The van der Waals surface area contributed by atoms with Gasteiger partial charge in [0.15, 0.2) is 0 Å². The average molecular weight is 632 g/mol. The number of aryl methyl sites for hydroxylation is 2. The topological polar surface area (TPSA) is 38.7 Å². The van der Waals surface area contributed by atoms with E-state index in [1.165, 1.54) is 11.1 Å². The van der Waals surface area contributed by atoms with Crippen molar-refractivity contribution in [1.29, 1.82) is 0 Å². The molecule has 0 fully saturated rings. The van der Waals surface area contributed by atoms with Gasteiger partial charge in [0.05, 0.1) is 0 Å². The second-order valence-electron chi connectivity index (χ2n) is 13.0. The second kappa shape index (κ2) is 14.6. The Hall–Kier alpha value is -2.03. The molecule has 0 aliphatic heterocycles. The van der Waals surface area contributed by atoms with Gasteiger partial charge in [-0.1, -0.05) is 112 Å². The SMILES string of the molecule is CC(C)(C)[Si](C)(C)Oc1ccccc1CBr.Cc1ccccc1O.Cc1ccccc1O[Si](C)(C)C(C)(C)C. The van der Waals surface area contributed by atoms with E-state index in [-0.39, 0.29) is 10.1 Å². The van der Waals surface area contributed by atoms with Crippen molar-refractivity contribution in [3.05, 3.63) is 89.5 Å². The van der Waals surface area contributed by atoms with Gasteiger partial charge in [0.2, 0.25) is 16.6 Å². The van der Waals surface area contributed by atoms with Crippen molar-refractivity contribution in [2.45, 2.75) is 97.0 Å². The lowest BCUT2D eigenvalue weighted by Crippen LogP contribution is -2.44. The van der Waals surface area contributed by atoms with E-state index in [9.17, 15) is 0 Å². The van der Waals surface area contributed by atoms with Crippen LogP contribution in [0, 0.1) is 13.8 Å². The van der Waals surface area contributed by atoms with Crippen LogP contribution in [0.25, 0.3) is 0 Å². The first kappa shape index (κ1) is 35.0. The quantitative estimate of drug-likeness (QED) is 0.225. The predicted molar refractivity (Wildman–Crippen MR) is 179 cm³/mol. The molecule has 0 unspecified atom stereocenters. The van der Waals surface area contributed by atoms with Crippen LogP contribution in [-0.2, 0) is 5.33 Å². The Morgan fingerprint density at radius 1 is 0.615 bits per heavy atom. The lowest BCUT2D eigenvalue weighted by atomic mass is 10.2. The Balaban J connectivity index is 0.000000308. The normalized spacial score (nSPS) is 11.9. The summed E-state index contributed by atoms with van der Waals surface area (Å²) in [5, 5.41) is 10.3. The predicted octanol–water partition coefficient (Wildman–Crippen LogP) is 11.0. The molecule has 216 valence electrons. The Morgan fingerprint density at radius 3 is 1.38 bits per heavy atom. The van der Waals surface area contributed by atoms with Gasteiger partial charge in [0.1, 0.15) is 17.2 Å². The number of hydrogen-bond donors (Lipinski definition) is 1. The minimum Gasteiger partial charge on any atom is -0.543 e. The number of hydrogen-bond acceptors (Lipinski definition) is 3. The standard InChI is InChI=1S/C13H21BrOSi.C13H22OSi.C7H8O/c1-13(2,3)16(4,5)15-12-9-7-6-8-11(12)10-14;1-11-9-7-8-10-12(11)14-15(5,6)13(2,3)4;1-6-4-2-3-5-7(6)8/h6-9H,10H2,1-5H3;7-10H,1-6H3;2-5,8H,1H3. The zero-order valence-electron chi connectivity index (χ0n) is 26.3. The van der Waals surface area contributed by atoms with Crippen LogP contribution >= 0.6 is 15.9 Å². The van der Waals surface area contributed by atoms with Crippen molar-refractivity contribution in [3.8, 4) is 17.2 Å². The highest BCUT2D eigenvalue weighted by molar-refractivity contribution is 9.08. The fourth-order valence-electron chi connectivity index (χ4n) is 2.80. The molecule has 0 bridgehead atoms. The summed E-state index contributed by atoms with van der Waals surface area (Å²) in [7, 11) is -3.39. The van der Waals surface area contributed by atoms with Crippen molar-refractivity contribution in [1.82, 2.24) is 0 Å². The molecule has 39 heavy (non-hydrogen) atoms. The van der Waals surface area contributed by atoms with Gasteiger partial charge in [-0.25, -0.2) is 0 Å². The fraction of sp³-hybridized carbons (Fsp3) is 0.455. The molecule has 0 spiro atoms. The molecular weight excluding hydrogens is 580 g/mol. The second-order valence-corrected chi connectivity index (χ2v) is 23.0. The molecule has 3 aromatic carbocycles. The summed E-state index contributed by atoms with van der Waals surface area (Å²) in [6.07, 6.45) is 0. The molecule has 0 aliphatic carbocycles. The van der Waals surface area contributed by atoms with Gasteiger partial charge in [-0.2, -0.15) is 0 Å². The molecule has 0 radical (unpaired) electrons. The van der Waals surface area contributed by atoms with E-state index >= 15 is 0 Å². The minimum absolute atomic E-state index is 0.242. The van der Waals surface area contributed by atoms with Crippen LogP contribution in [0.3, 0.4) is 0 Å². The first-order chi connectivity index (χ1) is 17.8. The summed E-state index contributed by atoms with van der Waals surface area (Å²) in [6, 6.07) is 23.8. The smallest absolute Gasteiger partial charge is 0.250 e. The van der Waals surface area contributed by atoms with Gasteiger partial charge >= 0.3 is 0 Å². The fourth-order valence-corrected chi connectivity index (χ4v) is 5.41. The van der Waals surface area contributed by atoms with E-state index in [4.69, 9.17) is 14.0 Å². The highest BCUT2D eigenvalue weighted by atomic mass is 79.9. The highest BCUT2D eigenvalue weighted by Crippen LogP contribution is 2.39. The molecule has 0 amide bonds. The van der Waals surface area contributed by atoms with Crippen molar-refractivity contribution in [2.75, 3.05) is 0 Å². The van der Waals surface area contributed by atoms with Gasteiger partial charge < -0.3 is 14.0 Å². The summed E-state index contributed by atoms with van der Waals surface area (Å²) in [5.41, 5.74) is 3.38. The van der Waals surface area contributed by atoms with Crippen LogP contribution in [0.1, 0.15) is 58.2 Å². The maximum Gasteiger partial charge on any atom is 0.250 e. The van der Waals surface area contributed by atoms with Crippen LogP contribution < -0.4 is 8.85 Å². The average Bonchev–Trinajstić information content (AvgIpc) is 2.82. The Kier molecular flexibility index (Phi) is 13.1. The van der Waals surface area contributed by atoms with Gasteiger partial charge in [0.25, 0.3) is 0 Å². The van der Waals surface area contributed by atoms with Crippen molar-refractivity contribution in [2.24, 2.45) is 0 Å². The lowest BCUT2D eigenvalue weighted by Gasteiger charge is -2.37. The maximum absolute atomic E-state index is 8.92. The molecular formula is C33H51BrO3Si2. The number of phenols is 1. The number of alkyl halides is 1. The molecule has 3 nitrogen and oxygen atoms in total. The summed E-state index contributed by atoms with van der Waals surface area (Å²) < 4.78 is 12.5. The third-order valence-corrected chi connectivity index (χ3v) is 17.0. The van der Waals surface area contributed by atoms with E-state index < -0.39 is 16.6 Å². The number of rotatable bonds is 5. The van der Waals surface area contributed by atoms with Gasteiger partial charge in [-0.15, -0.1) is 0 Å². The zero-order valence-corrected chi connectivity index (χ0v) is 29.9. The first-order valence-electron chi connectivity index (χ1n) is 13.6. The number of halogens is 1. The number of para-hydroxylation sites is 3. The highest BCUT2D eigenvalue weighted by Gasteiger charge is 2.40. The van der Waals surface area contributed by atoms with E-state index in [0.29, 0.717) is 5.75 Å². The van der Waals surface area contributed by atoms with Crippen LogP contribution in [0.5, 0.6) is 17.2 Å². The van der Waals surface area contributed by atoms with E-state index in [1.54, 1.807) is 6.07 Å². The van der Waals surface area contributed by atoms with Gasteiger partial charge in [-0.05, 0) is 79.4 Å². The van der Waals surface area contributed by atoms with E-state index in [0.717, 1.165) is 22.4 Å². The third kappa shape index (κ3) is 11.2. The Morgan fingerprint density at radius 2 is 1.00 bits per heavy atom. The molecule has 1 N–H and O–H groups in total. The maximum atomic E-state index is 8.92. The van der Waals surface area contributed by atoms with Crippen LogP contribution in [-0.4, -0.2) is 21.7 Å². The van der Waals surface area contributed by atoms with E-state index in [2.05, 4.69) is 121 Å². The largest absolute Gasteiger partial charge is 0.543 e. The van der Waals surface area contributed by atoms with Crippen LogP contribution in [0.4, 0.5) is 0 Å². The van der Waals surface area contributed by atoms with Crippen molar-refractivity contribution >= 4 is 32.6 Å². The number of phenolic OH excluding ortho intramolecular Hbond substituents is 1. The molecule has 0 saturated heterocycles. The summed E-state index contributed by atoms with van der Waals surface area (Å²) in [4.78, 5) is 0. The van der Waals surface area contributed by atoms with Crippen molar-refractivity contribution < 1.29 is 14.0 Å². The molecule has 3 aromatic rings. The molecule has 6 heteroatoms. The lowest BCUT2D eigenvalue weighted by molar-refractivity contribution is 0.471. The monoisotopic (exact) mass is 630 g/mol. The summed E-state index contributed by atoms with van der Waals surface area (Å²) >= 11 is 3.50. The molecule has 0 saturated carbocycles. The Labute approximate surface area is 249 Å². The van der Waals surface area contributed by atoms with Crippen LogP contribution in [0.15, 0.2) is 72.8 Å². The van der Waals surface area contributed by atoms with E-state index in [1.807, 2.05) is 43.3 Å². The van der Waals surface area contributed by atoms with Crippen molar-refractivity contribution in [3.63, 3.8) is 0 Å². The number of aromatic hydroxyl groups is 1. The van der Waals surface area contributed by atoms with Gasteiger partial charge in [-0.3, -0.25) is 0 Å². The van der Waals surface area contributed by atoms with Crippen LogP contribution in [0.2, 0.25) is 36.3 Å². The van der Waals surface area contributed by atoms with Gasteiger partial charge in [0, 0.05) is 10.9 Å². The molecule has 0 heterocycles. The minimum atomic E-state index is -1.71. The summed E-state index contributed by atoms with van der Waals surface area (Å²) in [5.74, 6) is 2.45. The Bertz CT molecular complexity index is 1140. The first-order valence-corrected chi connectivity index (χ1v) is 20.6. The molecule has 0 aromatic heterocycles. The third-order valence-electron chi connectivity index (χ3n) is 7.67. The molecule has 0 aliphatic rings. The molecule has 3 rings (SSSR count). The summed E-state index contributed by atoms with van der Waals surface area (Å²) in [6.45, 7) is 26.6. The zero-order chi connectivity index (χ0) is 30.1.